The number of carbonyl (C=O) groups excluding carboxylic acids is 1. The second-order valence-corrected chi connectivity index (χ2v) is 2.56. The highest BCUT2D eigenvalue weighted by atomic mass is 16.5. The highest BCUT2D eigenvalue weighted by Crippen LogP contribution is 2.03. The third-order valence-electron chi connectivity index (χ3n) is 1.33. The lowest BCUT2D eigenvalue weighted by molar-refractivity contribution is -0.145. The number of unbranched alkanes of at least 4 members (excludes halogenated alkanes) is 1. The first-order valence-corrected chi connectivity index (χ1v) is 3.84. The van der Waals surface area contributed by atoms with Crippen LogP contribution in [0.4, 0.5) is 0 Å². The summed E-state index contributed by atoms with van der Waals surface area (Å²) in [6.45, 7) is 5.50. The van der Waals surface area contributed by atoms with Gasteiger partial charge >= 0.3 is 5.97 Å². The standard InChI is InChI=1S/C8H16O2/c1-4-5-6-7(2)10-8(3)9/h7H,4-6H2,1-3H3/t7-/m0/s1. The van der Waals surface area contributed by atoms with Crippen LogP contribution in [0, 0.1) is 0 Å². The van der Waals surface area contributed by atoms with Gasteiger partial charge in [0, 0.05) is 6.92 Å². The summed E-state index contributed by atoms with van der Waals surface area (Å²) < 4.78 is 4.91. The van der Waals surface area contributed by atoms with Crippen molar-refractivity contribution in [3.8, 4) is 0 Å². The molecule has 0 saturated carbocycles. The first kappa shape index (κ1) is 9.47. The fourth-order valence-electron chi connectivity index (χ4n) is 0.834. The molecule has 0 aromatic heterocycles. The van der Waals surface area contributed by atoms with Crippen LogP contribution in [0.25, 0.3) is 0 Å². The summed E-state index contributed by atoms with van der Waals surface area (Å²) in [5.41, 5.74) is 0. The summed E-state index contributed by atoms with van der Waals surface area (Å²) in [4.78, 5) is 10.4. The van der Waals surface area contributed by atoms with Gasteiger partial charge in [-0.15, -0.1) is 0 Å². The molecule has 0 aromatic carbocycles. The van der Waals surface area contributed by atoms with Crippen LogP contribution in [0.2, 0.25) is 0 Å². The molecule has 2 nitrogen and oxygen atoms in total. The van der Waals surface area contributed by atoms with Crippen molar-refractivity contribution in [3.63, 3.8) is 0 Å². The van der Waals surface area contributed by atoms with Gasteiger partial charge in [-0.2, -0.15) is 0 Å². The Hall–Kier alpha value is -0.530. The number of esters is 1. The normalized spacial score (nSPS) is 12.7. The number of hydrogen-bond acceptors (Lipinski definition) is 2. The van der Waals surface area contributed by atoms with Gasteiger partial charge in [0.15, 0.2) is 0 Å². The smallest absolute Gasteiger partial charge is 0.302 e. The zero-order valence-corrected chi connectivity index (χ0v) is 7.02. The van der Waals surface area contributed by atoms with Crippen molar-refractivity contribution in [2.24, 2.45) is 0 Å². The molecule has 0 radical (unpaired) electrons. The van der Waals surface area contributed by atoms with Gasteiger partial charge in [0.05, 0.1) is 6.10 Å². The highest BCUT2D eigenvalue weighted by molar-refractivity contribution is 5.66. The molecule has 0 saturated heterocycles. The predicted octanol–water partition coefficient (Wildman–Crippen LogP) is 2.13. The first-order valence-electron chi connectivity index (χ1n) is 3.84. The van der Waals surface area contributed by atoms with E-state index in [4.69, 9.17) is 4.74 Å². The predicted molar refractivity (Wildman–Crippen MR) is 40.8 cm³/mol. The zero-order valence-electron chi connectivity index (χ0n) is 7.02. The van der Waals surface area contributed by atoms with Crippen LogP contribution in [0.5, 0.6) is 0 Å². The lowest BCUT2D eigenvalue weighted by Gasteiger charge is -2.09. The van der Waals surface area contributed by atoms with Crippen LogP contribution in [-0.2, 0) is 9.53 Å². The molecule has 10 heavy (non-hydrogen) atoms. The third kappa shape index (κ3) is 5.60. The molecule has 0 aliphatic carbocycles. The molecule has 1 atom stereocenters. The van der Waals surface area contributed by atoms with Gasteiger partial charge in [-0.1, -0.05) is 19.8 Å². The summed E-state index contributed by atoms with van der Waals surface area (Å²) in [6.07, 6.45) is 3.37. The van der Waals surface area contributed by atoms with E-state index in [9.17, 15) is 4.79 Å². The molecule has 0 fully saturated rings. The Kier molecular flexibility index (Phi) is 4.99. The summed E-state index contributed by atoms with van der Waals surface area (Å²) >= 11 is 0. The van der Waals surface area contributed by atoms with E-state index in [0.717, 1.165) is 19.3 Å². The van der Waals surface area contributed by atoms with Crippen LogP contribution in [0.3, 0.4) is 0 Å². The molecule has 0 heterocycles. The van der Waals surface area contributed by atoms with Crippen molar-refractivity contribution in [2.45, 2.75) is 46.1 Å². The fraction of sp³-hybridized carbons (Fsp3) is 0.875. The van der Waals surface area contributed by atoms with E-state index in [1.165, 1.54) is 6.92 Å². The Balaban J connectivity index is 3.25. The number of carbonyl (C=O) groups is 1. The Morgan fingerprint density at radius 2 is 2.20 bits per heavy atom. The average Bonchev–Trinajstić information content (AvgIpc) is 1.82. The highest BCUT2D eigenvalue weighted by Gasteiger charge is 2.02. The second kappa shape index (κ2) is 5.27. The lowest BCUT2D eigenvalue weighted by atomic mass is 10.2. The summed E-state index contributed by atoms with van der Waals surface area (Å²) in [5.74, 6) is -0.177. The maximum atomic E-state index is 10.4. The minimum Gasteiger partial charge on any atom is -0.463 e. The van der Waals surface area contributed by atoms with Gasteiger partial charge in [-0.25, -0.2) is 0 Å². The van der Waals surface area contributed by atoms with E-state index in [-0.39, 0.29) is 12.1 Å². The van der Waals surface area contributed by atoms with Gasteiger partial charge < -0.3 is 4.74 Å². The molecule has 0 rings (SSSR count). The zero-order chi connectivity index (χ0) is 7.98. The van der Waals surface area contributed by atoms with Crippen LogP contribution in [0.1, 0.15) is 40.0 Å². The van der Waals surface area contributed by atoms with E-state index in [1.54, 1.807) is 0 Å². The van der Waals surface area contributed by atoms with E-state index in [0.29, 0.717) is 0 Å². The molecule has 0 spiro atoms. The van der Waals surface area contributed by atoms with Gasteiger partial charge in [0.1, 0.15) is 0 Å². The molecular formula is C8H16O2. The van der Waals surface area contributed by atoms with Crippen molar-refractivity contribution in [1.82, 2.24) is 0 Å². The molecular weight excluding hydrogens is 128 g/mol. The lowest BCUT2D eigenvalue weighted by Crippen LogP contribution is -2.11. The average molecular weight is 144 g/mol. The molecule has 0 aromatic rings. The monoisotopic (exact) mass is 144 g/mol. The molecule has 60 valence electrons. The van der Waals surface area contributed by atoms with Crippen molar-refractivity contribution in [1.29, 1.82) is 0 Å². The molecule has 0 bridgehead atoms. The first-order chi connectivity index (χ1) is 4.66. The van der Waals surface area contributed by atoms with Crippen LogP contribution < -0.4 is 0 Å². The van der Waals surface area contributed by atoms with E-state index >= 15 is 0 Å². The Morgan fingerprint density at radius 3 is 2.60 bits per heavy atom. The maximum Gasteiger partial charge on any atom is 0.302 e. The summed E-state index contributed by atoms with van der Waals surface area (Å²) in [5, 5.41) is 0. The summed E-state index contributed by atoms with van der Waals surface area (Å²) in [7, 11) is 0. The molecule has 0 aliphatic rings. The van der Waals surface area contributed by atoms with Gasteiger partial charge in [0.25, 0.3) is 0 Å². The van der Waals surface area contributed by atoms with Crippen molar-refractivity contribution in [3.05, 3.63) is 0 Å². The van der Waals surface area contributed by atoms with E-state index in [2.05, 4.69) is 6.92 Å². The Morgan fingerprint density at radius 1 is 1.60 bits per heavy atom. The van der Waals surface area contributed by atoms with Gasteiger partial charge in [-0.3, -0.25) is 4.79 Å². The van der Waals surface area contributed by atoms with Crippen LogP contribution in [-0.4, -0.2) is 12.1 Å². The van der Waals surface area contributed by atoms with Crippen LogP contribution in [0.15, 0.2) is 0 Å². The molecule has 0 unspecified atom stereocenters. The van der Waals surface area contributed by atoms with Crippen molar-refractivity contribution >= 4 is 5.97 Å². The number of hydrogen-bond donors (Lipinski definition) is 0. The minimum absolute atomic E-state index is 0.0949. The Bertz CT molecular complexity index is 99.4. The van der Waals surface area contributed by atoms with Gasteiger partial charge in [-0.05, 0) is 13.3 Å². The van der Waals surface area contributed by atoms with E-state index in [1.807, 2.05) is 6.92 Å². The summed E-state index contributed by atoms with van der Waals surface area (Å²) in [6, 6.07) is 0. The van der Waals surface area contributed by atoms with Crippen molar-refractivity contribution < 1.29 is 9.53 Å². The number of rotatable bonds is 4. The third-order valence-corrected chi connectivity index (χ3v) is 1.33. The van der Waals surface area contributed by atoms with Crippen LogP contribution >= 0.6 is 0 Å². The maximum absolute atomic E-state index is 10.4. The minimum atomic E-state index is -0.177. The molecule has 0 amide bonds. The van der Waals surface area contributed by atoms with E-state index < -0.39 is 0 Å². The topological polar surface area (TPSA) is 26.3 Å². The largest absolute Gasteiger partial charge is 0.463 e. The second-order valence-electron chi connectivity index (χ2n) is 2.56. The molecule has 0 aliphatic heterocycles. The van der Waals surface area contributed by atoms with Gasteiger partial charge in [0.2, 0.25) is 0 Å². The fourth-order valence-corrected chi connectivity index (χ4v) is 0.834. The quantitative estimate of drug-likeness (QED) is 0.565. The molecule has 2 heteroatoms. The molecule has 0 N–H and O–H groups in total. The number of ether oxygens (including phenoxy) is 1. The Labute approximate surface area is 62.6 Å². The van der Waals surface area contributed by atoms with Crippen molar-refractivity contribution in [2.75, 3.05) is 0 Å². The SMILES string of the molecule is CCCC[C@H](C)OC(C)=O.